The van der Waals surface area contributed by atoms with Crippen LogP contribution in [0.3, 0.4) is 0 Å². The molecule has 190 valence electrons. The molecule has 5 rings (SSSR count). The van der Waals surface area contributed by atoms with Gasteiger partial charge in [0.25, 0.3) is 5.56 Å². The van der Waals surface area contributed by atoms with Crippen molar-refractivity contribution in [3.63, 3.8) is 0 Å². The van der Waals surface area contributed by atoms with E-state index in [4.69, 9.17) is 0 Å². The van der Waals surface area contributed by atoms with Crippen LogP contribution in [0.5, 0.6) is 0 Å². The fourth-order valence-electron chi connectivity index (χ4n) is 4.89. The Balaban J connectivity index is 1.16. The van der Waals surface area contributed by atoms with Crippen LogP contribution in [-0.2, 0) is 24.4 Å². The maximum atomic E-state index is 12.7. The van der Waals surface area contributed by atoms with Crippen LogP contribution in [0, 0.1) is 0 Å². The molecule has 8 heteroatoms. The van der Waals surface area contributed by atoms with Gasteiger partial charge in [-0.3, -0.25) is 24.0 Å². The van der Waals surface area contributed by atoms with E-state index in [1.165, 1.54) is 15.8 Å². The lowest BCUT2D eigenvalue weighted by atomic mass is 10.1. The third-order valence-electron chi connectivity index (χ3n) is 6.95. The van der Waals surface area contributed by atoms with Gasteiger partial charge in [0.2, 0.25) is 5.91 Å². The normalized spacial score (nSPS) is 14.1. The predicted molar refractivity (Wildman–Crippen MR) is 146 cm³/mol. The number of nitrogens with one attached hydrogen (secondary N) is 2. The summed E-state index contributed by atoms with van der Waals surface area (Å²) < 4.78 is 1.44. The lowest BCUT2D eigenvalue weighted by molar-refractivity contribution is -0.121. The number of anilines is 1. The van der Waals surface area contributed by atoms with Gasteiger partial charge in [-0.2, -0.15) is 0 Å². The van der Waals surface area contributed by atoms with Crippen LogP contribution in [0.4, 0.5) is 5.69 Å². The Bertz CT molecular complexity index is 1490. The highest BCUT2D eigenvalue weighted by Gasteiger charge is 2.18. The number of aromatic nitrogens is 2. The summed E-state index contributed by atoms with van der Waals surface area (Å²) in [5, 5.41) is 3.43. The van der Waals surface area contributed by atoms with Crippen molar-refractivity contribution in [3.8, 4) is 0 Å². The Morgan fingerprint density at radius 3 is 2.27 bits per heavy atom. The smallest absolute Gasteiger partial charge is 0.328 e. The van der Waals surface area contributed by atoms with Crippen LogP contribution in [0.2, 0.25) is 0 Å². The molecular formula is C29H31N5O3. The standard InChI is InChI=1S/C29H31N5O3/c35-27(14-15-34-26-13-7-6-12-25(26)28(36)31-29(34)37)30-20-22-8-4-5-9-23(22)21-32-16-18-33(19-17-32)24-10-2-1-3-11-24/h1-13H,14-21H2,(H,30,35)(H,31,36,37). The van der Waals surface area contributed by atoms with Crippen LogP contribution in [0.1, 0.15) is 17.5 Å². The fourth-order valence-corrected chi connectivity index (χ4v) is 4.89. The molecule has 0 unspecified atom stereocenters. The number of aryl methyl sites for hydroxylation is 1. The molecule has 8 nitrogen and oxygen atoms in total. The number of carbonyl (C=O) groups is 1. The summed E-state index contributed by atoms with van der Waals surface area (Å²) in [6.07, 6.45) is 0.138. The molecule has 1 saturated heterocycles. The van der Waals surface area contributed by atoms with Gasteiger partial charge in [0, 0.05) is 57.9 Å². The van der Waals surface area contributed by atoms with Crippen LogP contribution >= 0.6 is 0 Å². The summed E-state index contributed by atoms with van der Waals surface area (Å²) in [6.45, 7) is 5.40. The molecule has 1 aliphatic rings. The first-order valence-electron chi connectivity index (χ1n) is 12.7. The SMILES string of the molecule is O=C(CCn1c(=O)[nH]c(=O)c2ccccc21)NCc1ccccc1CN1CCN(c2ccccc2)CC1. The number of para-hydroxylation sites is 2. The Labute approximate surface area is 215 Å². The zero-order valence-corrected chi connectivity index (χ0v) is 20.7. The molecule has 1 aliphatic heterocycles. The number of fused-ring (bicyclic) bond motifs is 1. The first-order chi connectivity index (χ1) is 18.1. The minimum Gasteiger partial charge on any atom is -0.369 e. The van der Waals surface area contributed by atoms with E-state index in [-0.39, 0.29) is 18.9 Å². The Hall–Kier alpha value is -4.17. The largest absolute Gasteiger partial charge is 0.369 e. The Kier molecular flexibility index (Phi) is 7.46. The third kappa shape index (κ3) is 5.81. The molecule has 1 amide bonds. The molecule has 0 radical (unpaired) electrons. The van der Waals surface area contributed by atoms with Gasteiger partial charge in [0.1, 0.15) is 0 Å². The quantitative estimate of drug-likeness (QED) is 0.391. The fraction of sp³-hybridized carbons (Fsp3) is 0.276. The van der Waals surface area contributed by atoms with Crippen LogP contribution in [0.25, 0.3) is 10.9 Å². The van der Waals surface area contributed by atoms with E-state index >= 15 is 0 Å². The molecule has 1 aromatic heterocycles. The number of hydrogen-bond acceptors (Lipinski definition) is 5. The van der Waals surface area contributed by atoms with Crippen molar-refractivity contribution in [2.45, 2.75) is 26.1 Å². The molecular weight excluding hydrogens is 466 g/mol. The van der Waals surface area contributed by atoms with E-state index in [0.29, 0.717) is 17.4 Å². The molecule has 0 atom stereocenters. The van der Waals surface area contributed by atoms with E-state index in [9.17, 15) is 14.4 Å². The number of amides is 1. The third-order valence-corrected chi connectivity index (χ3v) is 6.95. The van der Waals surface area contributed by atoms with Gasteiger partial charge in [-0.1, -0.05) is 54.6 Å². The van der Waals surface area contributed by atoms with Gasteiger partial charge in [0.15, 0.2) is 0 Å². The van der Waals surface area contributed by atoms with Gasteiger partial charge in [-0.05, 0) is 35.4 Å². The van der Waals surface area contributed by atoms with E-state index in [1.807, 2.05) is 18.2 Å². The van der Waals surface area contributed by atoms with Gasteiger partial charge in [-0.25, -0.2) is 4.79 Å². The molecule has 2 heterocycles. The van der Waals surface area contributed by atoms with Gasteiger partial charge >= 0.3 is 5.69 Å². The summed E-state index contributed by atoms with van der Waals surface area (Å²) in [7, 11) is 0. The van der Waals surface area contributed by atoms with Gasteiger partial charge in [0.05, 0.1) is 10.9 Å². The molecule has 0 spiro atoms. The van der Waals surface area contributed by atoms with Crippen molar-refractivity contribution in [3.05, 3.63) is 111 Å². The molecule has 0 bridgehead atoms. The number of nitrogens with zero attached hydrogens (tertiary/aromatic N) is 3. The molecule has 1 fully saturated rings. The van der Waals surface area contributed by atoms with E-state index in [2.05, 4.69) is 56.5 Å². The lowest BCUT2D eigenvalue weighted by Gasteiger charge is -2.36. The van der Waals surface area contributed by atoms with Crippen molar-refractivity contribution >= 4 is 22.5 Å². The minimum absolute atomic E-state index is 0.138. The second kappa shape index (κ2) is 11.3. The molecule has 0 aliphatic carbocycles. The zero-order valence-electron chi connectivity index (χ0n) is 20.7. The van der Waals surface area contributed by atoms with Gasteiger partial charge < -0.3 is 10.2 Å². The average Bonchev–Trinajstić information content (AvgIpc) is 2.93. The summed E-state index contributed by atoms with van der Waals surface area (Å²) in [6, 6.07) is 25.6. The number of H-pyrrole nitrogens is 1. The van der Waals surface area contributed by atoms with Crippen LogP contribution in [0.15, 0.2) is 88.5 Å². The van der Waals surface area contributed by atoms with Crippen molar-refractivity contribution in [1.82, 2.24) is 19.8 Å². The topological polar surface area (TPSA) is 90.4 Å². The first kappa shape index (κ1) is 24.5. The minimum atomic E-state index is -0.505. The number of benzene rings is 3. The number of carbonyl (C=O) groups excluding carboxylic acids is 1. The first-order valence-corrected chi connectivity index (χ1v) is 12.7. The van der Waals surface area contributed by atoms with Crippen molar-refractivity contribution in [1.29, 1.82) is 0 Å². The summed E-state index contributed by atoms with van der Waals surface area (Å²) in [5.74, 6) is -0.145. The van der Waals surface area contributed by atoms with Crippen LogP contribution in [-0.4, -0.2) is 46.5 Å². The molecule has 3 aromatic carbocycles. The highest BCUT2D eigenvalue weighted by atomic mass is 16.2. The summed E-state index contributed by atoms with van der Waals surface area (Å²) in [4.78, 5) is 44.3. The Morgan fingerprint density at radius 1 is 0.811 bits per heavy atom. The maximum Gasteiger partial charge on any atom is 0.328 e. The van der Waals surface area contributed by atoms with Gasteiger partial charge in [-0.15, -0.1) is 0 Å². The van der Waals surface area contributed by atoms with E-state index < -0.39 is 11.2 Å². The number of hydrogen-bond donors (Lipinski definition) is 2. The summed E-state index contributed by atoms with van der Waals surface area (Å²) in [5.41, 5.74) is 3.17. The number of piperazine rings is 1. The van der Waals surface area contributed by atoms with Crippen molar-refractivity contribution in [2.24, 2.45) is 0 Å². The predicted octanol–water partition coefficient (Wildman–Crippen LogP) is 2.72. The second-order valence-electron chi connectivity index (χ2n) is 9.32. The molecule has 0 saturated carbocycles. The molecule has 37 heavy (non-hydrogen) atoms. The maximum absolute atomic E-state index is 12.7. The van der Waals surface area contributed by atoms with Crippen LogP contribution < -0.4 is 21.5 Å². The van der Waals surface area contributed by atoms with Crippen molar-refractivity contribution in [2.75, 3.05) is 31.1 Å². The second-order valence-corrected chi connectivity index (χ2v) is 9.32. The molecule has 2 N–H and O–H groups in total. The van der Waals surface area contributed by atoms with E-state index in [0.717, 1.165) is 38.3 Å². The van der Waals surface area contributed by atoms with E-state index in [1.54, 1.807) is 24.3 Å². The monoisotopic (exact) mass is 497 g/mol. The number of rotatable bonds is 8. The Morgan fingerprint density at radius 2 is 1.49 bits per heavy atom. The summed E-state index contributed by atoms with van der Waals surface area (Å²) >= 11 is 0. The average molecular weight is 498 g/mol. The zero-order chi connectivity index (χ0) is 25.6. The lowest BCUT2D eigenvalue weighted by Crippen LogP contribution is -2.46. The highest BCUT2D eigenvalue weighted by Crippen LogP contribution is 2.18. The molecule has 4 aromatic rings. The highest BCUT2D eigenvalue weighted by molar-refractivity contribution is 5.78. The van der Waals surface area contributed by atoms with Crippen molar-refractivity contribution < 1.29 is 4.79 Å². The number of aromatic amines is 1.